The van der Waals surface area contributed by atoms with Crippen molar-refractivity contribution in [3.05, 3.63) is 66.0 Å². The normalized spacial score (nSPS) is 16.8. The number of nitrogens with zero attached hydrogens (tertiary/aromatic N) is 3. The van der Waals surface area contributed by atoms with Gasteiger partial charge in [-0.2, -0.15) is 0 Å². The first-order chi connectivity index (χ1) is 12.8. The first-order valence-electron chi connectivity index (χ1n) is 9.77. The molecular formula is C22H28N4. The van der Waals surface area contributed by atoms with Crippen LogP contribution in [0.5, 0.6) is 0 Å². The van der Waals surface area contributed by atoms with Crippen LogP contribution in [-0.4, -0.2) is 47.2 Å². The topological polar surface area (TPSA) is 33.1 Å². The number of nitrogens with one attached hydrogen (secondary N) is 1. The van der Waals surface area contributed by atoms with Gasteiger partial charge in [-0.25, -0.2) is 4.98 Å². The van der Waals surface area contributed by atoms with Gasteiger partial charge in [0.2, 0.25) is 0 Å². The van der Waals surface area contributed by atoms with Crippen molar-refractivity contribution in [1.82, 2.24) is 19.8 Å². The summed E-state index contributed by atoms with van der Waals surface area (Å²) in [6.07, 6.45) is 2.18. The number of rotatable bonds is 6. The highest BCUT2D eigenvalue weighted by Crippen LogP contribution is 2.26. The third-order valence-electron chi connectivity index (χ3n) is 5.42. The molecule has 1 aliphatic heterocycles. The van der Waals surface area contributed by atoms with E-state index < -0.39 is 0 Å². The number of imidazole rings is 1. The Morgan fingerprint density at radius 3 is 2.54 bits per heavy atom. The highest BCUT2D eigenvalue weighted by molar-refractivity contribution is 5.76. The second kappa shape index (κ2) is 8.02. The molecular weight excluding hydrogens is 320 g/mol. The molecule has 0 saturated carbocycles. The molecule has 4 heteroatoms. The lowest BCUT2D eigenvalue weighted by Crippen LogP contribution is -2.43. The largest absolute Gasteiger partial charge is 0.321 e. The lowest BCUT2D eigenvalue weighted by atomic mass is 10.1. The van der Waals surface area contributed by atoms with E-state index in [1.165, 1.54) is 16.9 Å². The van der Waals surface area contributed by atoms with Gasteiger partial charge in [0.25, 0.3) is 0 Å². The lowest BCUT2D eigenvalue weighted by molar-refractivity contribution is 0.238. The van der Waals surface area contributed by atoms with Crippen LogP contribution in [0.2, 0.25) is 0 Å². The van der Waals surface area contributed by atoms with Crippen LogP contribution in [-0.2, 0) is 6.42 Å². The SMILES string of the molecule is CC(c1ccccc1)n1c(CCCN2CCNCC2)nc2ccccc21. The van der Waals surface area contributed by atoms with Gasteiger partial charge < -0.3 is 14.8 Å². The zero-order valence-corrected chi connectivity index (χ0v) is 15.6. The number of aryl methyl sites for hydroxylation is 1. The third kappa shape index (κ3) is 3.67. The summed E-state index contributed by atoms with van der Waals surface area (Å²) in [5.74, 6) is 1.21. The highest BCUT2D eigenvalue weighted by Gasteiger charge is 2.17. The van der Waals surface area contributed by atoms with E-state index in [9.17, 15) is 0 Å². The minimum atomic E-state index is 0.290. The molecule has 2 heterocycles. The van der Waals surface area contributed by atoms with Gasteiger partial charge in [0.15, 0.2) is 0 Å². The number of piperazine rings is 1. The number of hydrogen-bond acceptors (Lipinski definition) is 3. The number of para-hydroxylation sites is 2. The Hall–Kier alpha value is -2.17. The van der Waals surface area contributed by atoms with E-state index in [1.807, 2.05) is 0 Å². The predicted octanol–water partition coefficient (Wildman–Crippen LogP) is 3.48. The van der Waals surface area contributed by atoms with Gasteiger partial charge in [-0.15, -0.1) is 0 Å². The number of fused-ring (bicyclic) bond motifs is 1. The summed E-state index contributed by atoms with van der Waals surface area (Å²) in [6.45, 7) is 7.99. The Balaban J connectivity index is 1.57. The standard InChI is InChI=1S/C22H28N4/c1-18(19-8-3-2-4-9-19)26-21-11-6-5-10-20(21)24-22(26)12-7-15-25-16-13-23-14-17-25/h2-6,8-11,18,23H,7,12-17H2,1H3. The molecule has 0 aliphatic carbocycles. The van der Waals surface area contributed by atoms with Crippen LogP contribution >= 0.6 is 0 Å². The minimum absolute atomic E-state index is 0.290. The molecule has 0 radical (unpaired) electrons. The zero-order valence-electron chi connectivity index (χ0n) is 15.6. The molecule has 0 bridgehead atoms. The van der Waals surface area contributed by atoms with Gasteiger partial charge in [0.1, 0.15) is 5.82 Å². The van der Waals surface area contributed by atoms with Gasteiger partial charge >= 0.3 is 0 Å². The minimum Gasteiger partial charge on any atom is -0.321 e. The second-order valence-corrected chi connectivity index (χ2v) is 7.17. The average molecular weight is 348 g/mol. The van der Waals surface area contributed by atoms with Crippen molar-refractivity contribution in [1.29, 1.82) is 0 Å². The fraction of sp³-hybridized carbons (Fsp3) is 0.409. The molecule has 1 N–H and O–H groups in total. The van der Waals surface area contributed by atoms with Crippen molar-refractivity contribution >= 4 is 11.0 Å². The van der Waals surface area contributed by atoms with Crippen molar-refractivity contribution in [2.45, 2.75) is 25.8 Å². The van der Waals surface area contributed by atoms with Gasteiger partial charge in [0, 0.05) is 32.6 Å². The zero-order chi connectivity index (χ0) is 17.8. The van der Waals surface area contributed by atoms with E-state index >= 15 is 0 Å². The second-order valence-electron chi connectivity index (χ2n) is 7.17. The fourth-order valence-corrected chi connectivity index (χ4v) is 3.98. The molecule has 3 aromatic rings. The Morgan fingerprint density at radius 2 is 1.73 bits per heavy atom. The van der Waals surface area contributed by atoms with Crippen molar-refractivity contribution in [3.63, 3.8) is 0 Å². The van der Waals surface area contributed by atoms with Crippen molar-refractivity contribution in [2.24, 2.45) is 0 Å². The first kappa shape index (κ1) is 17.3. The van der Waals surface area contributed by atoms with Crippen LogP contribution in [0, 0.1) is 0 Å². The maximum Gasteiger partial charge on any atom is 0.110 e. The molecule has 1 aromatic heterocycles. The summed E-state index contributed by atoms with van der Waals surface area (Å²) >= 11 is 0. The van der Waals surface area contributed by atoms with Crippen LogP contribution in [0.15, 0.2) is 54.6 Å². The maximum absolute atomic E-state index is 4.97. The Morgan fingerprint density at radius 1 is 1.00 bits per heavy atom. The monoisotopic (exact) mass is 348 g/mol. The molecule has 1 atom stereocenters. The van der Waals surface area contributed by atoms with Crippen molar-refractivity contribution in [3.8, 4) is 0 Å². The molecule has 1 aliphatic rings. The van der Waals surface area contributed by atoms with E-state index in [1.54, 1.807) is 0 Å². The Labute approximate surface area is 155 Å². The van der Waals surface area contributed by atoms with Crippen LogP contribution in [0.25, 0.3) is 11.0 Å². The van der Waals surface area contributed by atoms with E-state index in [2.05, 4.69) is 76.3 Å². The fourth-order valence-electron chi connectivity index (χ4n) is 3.98. The van der Waals surface area contributed by atoms with Crippen molar-refractivity contribution in [2.75, 3.05) is 32.7 Å². The van der Waals surface area contributed by atoms with Crippen LogP contribution in [0.1, 0.15) is 30.8 Å². The summed E-state index contributed by atoms with van der Waals surface area (Å²) < 4.78 is 2.43. The number of aromatic nitrogens is 2. The Bertz CT molecular complexity index is 834. The molecule has 0 amide bonds. The summed E-state index contributed by atoms with van der Waals surface area (Å²) in [4.78, 5) is 7.53. The maximum atomic E-state index is 4.97. The lowest BCUT2D eigenvalue weighted by Gasteiger charge is -2.27. The molecule has 1 fully saturated rings. The predicted molar refractivity (Wildman–Crippen MR) is 108 cm³/mol. The smallest absolute Gasteiger partial charge is 0.110 e. The molecule has 4 nitrogen and oxygen atoms in total. The third-order valence-corrected chi connectivity index (χ3v) is 5.42. The van der Waals surface area contributed by atoms with E-state index in [4.69, 9.17) is 4.98 Å². The molecule has 0 spiro atoms. The molecule has 4 rings (SSSR count). The van der Waals surface area contributed by atoms with E-state index in [0.29, 0.717) is 0 Å². The van der Waals surface area contributed by atoms with Crippen molar-refractivity contribution < 1.29 is 0 Å². The van der Waals surface area contributed by atoms with Gasteiger partial charge in [-0.3, -0.25) is 0 Å². The summed E-state index contributed by atoms with van der Waals surface area (Å²) in [5, 5.41) is 3.42. The molecule has 1 saturated heterocycles. The molecule has 2 aromatic carbocycles. The quantitative estimate of drug-likeness (QED) is 0.740. The van der Waals surface area contributed by atoms with Crippen LogP contribution in [0.3, 0.4) is 0 Å². The summed E-state index contributed by atoms with van der Waals surface area (Å²) in [6, 6.07) is 19.6. The van der Waals surface area contributed by atoms with Gasteiger partial charge in [0.05, 0.1) is 17.1 Å². The summed E-state index contributed by atoms with van der Waals surface area (Å²) in [5.41, 5.74) is 3.67. The number of hydrogen-bond donors (Lipinski definition) is 1. The van der Waals surface area contributed by atoms with Crippen LogP contribution < -0.4 is 5.32 Å². The molecule has 26 heavy (non-hydrogen) atoms. The molecule has 1 unspecified atom stereocenters. The first-order valence-corrected chi connectivity index (χ1v) is 9.77. The summed E-state index contributed by atoms with van der Waals surface area (Å²) in [7, 11) is 0. The number of benzene rings is 2. The van der Waals surface area contributed by atoms with E-state index in [-0.39, 0.29) is 6.04 Å². The highest BCUT2D eigenvalue weighted by atomic mass is 15.2. The Kier molecular flexibility index (Phi) is 5.32. The average Bonchev–Trinajstić information content (AvgIpc) is 3.07. The molecule has 136 valence electrons. The van der Waals surface area contributed by atoms with E-state index in [0.717, 1.165) is 51.1 Å². The van der Waals surface area contributed by atoms with Gasteiger partial charge in [-0.1, -0.05) is 42.5 Å². The van der Waals surface area contributed by atoms with Gasteiger partial charge in [-0.05, 0) is 37.6 Å². The van der Waals surface area contributed by atoms with Crippen LogP contribution in [0.4, 0.5) is 0 Å².